The highest BCUT2D eigenvalue weighted by Gasteiger charge is 2.20. The van der Waals surface area contributed by atoms with Crippen LogP contribution in [0.5, 0.6) is 0 Å². The molecular weight excluding hydrogens is 340 g/mol. The number of nitrogens with zero attached hydrogens (tertiary/aromatic N) is 3. The van der Waals surface area contributed by atoms with Crippen LogP contribution in [0.2, 0.25) is 0 Å². The predicted molar refractivity (Wildman–Crippen MR) is 96.1 cm³/mol. The zero-order chi connectivity index (χ0) is 18.4. The standard InChI is InChI=1S/C17H20N4O3S/c1-11(2)19-25(23,24)16-8-18-15-6-5-13(10-21(15)16)14-7-12(3)17(22)20(4)9-14/h5-11,19H,1-4H3. The second kappa shape index (κ2) is 6.12. The van der Waals surface area contributed by atoms with Crippen molar-refractivity contribution in [2.24, 2.45) is 7.05 Å². The van der Waals surface area contributed by atoms with Crippen molar-refractivity contribution in [1.82, 2.24) is 18.7 Å². The molecule has 0 aliphatic carbocycles. The van der Waals surface area contributed by atoms with Gasteiger partial charge in [0.2, 0.25) is 0 Å². The molecule has 0 amide bonds. The van der Waals surface area contributed by atoms with Gasteiger partial charge < -0.3 is 4.57 Å². The normalized spacial score (nSPS) is 12.2. The van der Waals surface area contributed by atoms with E-state index in [0.717, 1.165) is 11.1 Å². The number of sulfonamides is 1. The van der Waals surface area contributed by atoms with Crippen molar-refractivity contribution < 1.29 is 8.42 Å². The zero-order valence-electron chi connectivity index (χ0n) is 14.5. The number of aryl methyl sites for hydroxylation is 2. The van der Waals surface area contributed by atoms with E-state index in [1.54, 1.807) is 56.7 Å². The molecule has 0 saturated carbocycles. The summed E-state index contributed by atoms with van der Waals surface area (Å²) in [6.07, 6.45) is 4.79. The molecule has 3 aromatic heterocycles. The lowest BCUT2D eigenvalue weighted by molar-refractivity contribution is 0.565. The Morgan fingerprint density at radius 3 is 2.52 bits per heavy atom. The van der Waals surface area contributed by atoms with E-state index in [1.807, 2.05) is 6.07 Å². The third-order valence-corrected chi connectivity index (χ3v) is 5.47. The molecule has 25 heavy (non-hydrogen) atoms. The third kappa shape index (κ3) is 3.22. The summed E-state index contributed by atoms with van der Waals surface area (Å²) in [4.78, 5) is 16.0. The van der Waals surface area contributed by atoms with Crippen molar-refractivity contribution in [2.75, 3.05) is 0 Å². The number of fused-ring (bicyclic) bond motifs is 1. The van der Waals surface area contributed by atoms with Crippen molar-refractivity contribution >= 4 is 15.7 Å². The molecule has 1 N–H and O–H groups in total. The first kappa shape index (κ1) is 17.4. The van der Waals surface area contributed by atoms with Gasteiger partial charge in [0.05, 0.1) is 6.20 Å². The molecule has 0 atom stereocenters. The lowest BCUT2D eigenvalue weighted by atomic mass is 10.1. The first-order valence-electron chi connectivity index (χ1n) is 7.86. The van der Waals surface area contributed by atoms with Gasteiger partial charge >= 0.3 is 0 Å². The van der Waals surface area contributed by atoms with E-state index in [9.17, 15) is 13.2 Å². The third-order valence-electron chi connectivity index (χ3n) is 3.83. The molecule has 0 aromatic carbocycles. The highest BCUT2D eigenvalue weighted by molar-refractivity contribution is 7.89. The maximum Gasteiger partial charge on any atom is 0.258 e. The zero-order valence-corrected chi connectivity index (χ0v) is 15.3. The molecule has 0 radical (unpaired) electrons. The number of rotatable bonds is 4. The van der Waals surface area contributed by atoms with Crippen LogP contribution in [0, 0.1) is 6.92 Å². The Hall–Kier alpha value is -2.45. The maximum absolute atomic E-state index is 12.5. The van der Waals surface area contributed by atoms with Gasteiger partial charge in [-0.2, -0.15) is 0 Å². The summed E-state index contributed by atoms with van der Waals surface area (Å²) < 4.78 is 30.6. The van der Waals surface area contributed by atoms with Crippen molar-refractivity contribution in [3.8, 4) is 11.1 Å². The average Bonchev–Trinajstić information content (AvgIpc) is 2.94. The minimum Gasteiger partial charge on any atom is -0.318 e. The summed E-state index contributed by atoms with van der Waals surface area (Å²) in [5, 5.41) is 0.0830. The van der Waals surface area contributed by atoms with Gasteiger partial charge in [-0.3, -0.25) is 9.20 Å². The maximum atomic E-state index is 12.5. The van der Waals surface area contributed by atoms with Crippen LogP contribution in [0.3, 0.4) is 0 Å². The molecule has 0 fully saturated rings. The van der Waals surface area contributed by atoms with Crippen LogP contribution >= 0.6 is 0 Å². The van der Waals surface area contributed by atoms with E-state index in [1.165, 1.54) is 10.8 Å². The van der Waals surface area contributed by atoms with Gasteiger partial charge in [0.15, 0.2) is 5.03 Å². The fraction of sp³-hybridized carbons (Fsp3) is 0.294. The smallest absolute Gasteiger partial charge is 0.258 e. The second-order valence-electron chi connectivity index (χ2n) is 6.35. The van der Waals surface area contributed by atoms with Crippen LogP contribution in [-0.4, -0.2) is 28.4 Å². The summed E-state index contributed by atoms with van der Waals surface area (Å²) >= 11 is 0. The molecule has 0 saturated heterocycles. The lowest BCUT2D eigenvalue weighted by Gasteiger charge is -2.10. The number of nitrogens with one attached hydrogen (secondary N) is 1. The molecule has 7 nitrogen and oxygen atoms in total. The van der Waals surface area contributed by atoms with E-state index in [0.29, 0.717) is 11.2 Å². The van der Waals surface area contributed by atoms with E-state index in [2.05, 4.69) is 9.71 Å². The van der Waals surface area contributed by atoms with Gasteiger partial charge in [0, 0.05) is 31.0 Å². The van der Waals surface area contributed by atoms with Crippen molar-refractivity contribution in [3.05, 3.63) is 52.7 Å². The summed E-state index contributed by atoms with van der Waals surface area (Å²) in [5.41, 5.74) is 2.73. The minimum absolute atomic E-state index is 0.0585. The molecule has 0 unspecified atom stereocenters. The fourth-order valence-electron chi connectivity index (χ4n) is 2.73. The summed E-state index contributed by atoms with van der Waals surface area (Å²) in [5.74, 6) is 0. The number of imidazole rings is 1. The molecule has 0 aliphatic heterocycles. The average molecular weight is 360 g/mol. The van der Waals surface area contributed by atoms with Gasteiger partial charge in [-0.1, -0.05) is 0 Å². The molecule has 3 rings (SSSR count). The number of aromatic nitrogens is 3. The Morgan fingerprint density at radius 2 is 1.88 bits per heavy atom. The Morgan fingerprint density at radius 1 is 1.16 bits per heavy atom. The monoisotopic (exact) mass is 360 g/mol. The molecular formula is C17H20N4O3S. The first-order valence-corrected chi connectivity index (χ1v) is 9.34. The summed E-state index contributed by atoms with van der Waals surface area (Å²) in [6.45, 7) is 5.28. The molecule has 0 bridgehead atoms. The number of pyridine rings is 2. The van der Waals surface area contributed by atoms with E-state index < -0.39 is 10.0 Å². The first-order chi connectivity index (χ1) is 11.7. The van der Waals surface area contributed by atoms with Crippen LogP contribution in [0.25, 0.3) is 16.8 Å². The molecule has 132 valence electrons. The van der Waals surface area contributed by atoms with Crippen LogP contribution in [0.15, 0.2) is 46.6 Å². The van der Waals surface area contributed by atoms with Crippen LogP contribution in [-0.2, 0) is 17.1 Å². The van der Waals surface area contributed by atoms with Gasteiger partial charge in [0.25, 0.3) is 15.6 Å². The molecule has 0 spiro atoms. The van der Waals surface area contributed by atoms with E-state index in [4.69, 9.17) is 0 Å². The van der Waals surface area contributed by atoms with E-state index >= 15 is 0 Å². The van der Waals surface area contributed by atoms with Gasteiger partial charge in [-0.25, -0.2) is 18.1 Å². The van der Waals surface area contributed by atoms with Gasteiger partial charge in [0.1, 0.15) is 5.65 Å². The second-order valence-corrected chi connectivity index (χ2v) is 8.01. The Labute approximate surface area is 146 Å². The molecule has 3 aromatic rings. The lowest BCUT2D eigenvalue weighted by Crippen LogP contribution is -2.31. The Bertz CT molecular complexity index is 1080. The summed E-state index contributed by atoms with van der Waals surface area (Å²) in [7, 11) is -1.98. The van der Waals surface area contributed by atoms with Crippen LogP contribution in [0.4, 0.5) is 0 Å². The summed E-state index contributed by atoms with van der Waals surface area (Å²) in [6, 6.07) is 5.18. The largest absolute Gasteiger partial charge is 0.318 e. The Balaban J connectivity index is 2.18. The van der Waals surface area contributed by atoms with Crippen molar-refractivity contribution in [2.45, 2.75) is 31.8 Å². The number of hydrogen-bond acceptors (Lipinski definition) is 4. The van der Waals surface area contributed by atoms with E-state index in [-0.39, 0.29) is 16.6 Å². The highest BCUT2D eigenvalue weighted by atomic mass is 32.2. The van der Waals surface area contributed by atoms with Crippen molar-refractivity contribution in [3.63, 3.8) is 0 Å². The van der Waals surface area contributed by atoms with Crippen LogP contribution in [0.1, 0.15) is 19.4 Å². The topological polar surface area (TPSA) is 85.5 Å². The van der Waals surface area contributed by atoms with Gasteiger partial charge in [-0.15, -0.1) is 0 Å². The van der Waals surface area contributed by atoms with Crippen molar-refractivity contribution in [1.29, 1.82) is 0 Å². The Kier molecular flexibility index (Phi) is 4.26. The molecule has 3 heterocycles. The quantitative estimate of drug-likeness (QED) is 0.767. The predicted octanol–water partition coefficient (Wildman–Crippen LogP) is 1.70. The molecule has 8 heteroatoms. The van der Waals surface area contributed by atoms with Crippen LogP contribution < -0.4 is 10.3 Å². The van der Waals surface area contributed by atoms with Gasteiger partial charge in [-0.05, 0) is 50.1 Å². The SMILES string of the molecule is Cc1cc(-c2ccc3ncc(S(=O)(=O)NC(C)C)n3c2)cn(C)c1=O. The number of hydrogen-bond donors (Lipinski definition) is 1. The molecule has 0 aliphatic rings. The minimum atomic E-state index is -3.67. The fourth-order valence-corrected chi connectivity index (χ4v) is 4.07. The highest BCUT2D eigenvalue weighted by Crippen LogP contribution is 2.22.